The van der Waals surface area contributed by atoms with Crippen molar-refractivity contribution in [2.24, 2.45) is 5.41 Å². The molecule has 0 unspecified atom stereocenters. The van der Waals surface area contributed by atoms with Crippen LogP contribution in [0.1, 0.15) is 32.6 Å². The summed E-state index contributed by atoms with van der Waals surface area (Å²) < 4.78 is 40.2. The molecule has 0 radical (unpaired) electrons. The van der Waals surface area contributed by atoms with Gasteiger partial charge in [0.1, 0.15) is 0 Å². The largest absolute Gasteiger partial charge is 0.304 e. The Morgan fingerprint density at radius 2 is 2.00 bits per heavy atom. The summed E-state index contributed by atoms with van der Waals surface area (Å²) in [5.74, 6) is -1.16. The normalized spacial score (nSPS) is 17.8. The van der Waals surface area contributed by atoms with Gasteiger partial charge in [0, 0.05) is 18.7 Å². The SMILES string of the molecule is CC1(CNS(=O)(=O)c2ccc([N+](=O)[O-])c(F)c2)CCCC1. The molecule has 0 spiro atoms. The number of sulfonamides is 1. The summed E-state index contributed by atoms with van der Waals surface area (Å²) in [7, 11) is -3.86. The molecule has 1 aliphatic carbocycles. The smallest absolute Gasteiger partial charge is 0.258 e. The van der Waals surface area contributed by atoms with Crippen LogP contribution in [0.15, 0.2) is 23.1 Å². The Labute approximate surface area is 122 Å². The van der Waals surface area contributed by atoms with Crippen LogP contribution in [-0.4, -0.2) is 19.9 Å². The van der Waals surface area contributed by atoms with E-state index in [1.807, 2.05) is 6.92 Å². The van der Waals surface area contributed by atoms with Crippen LogP contribution in [0.4, 0.5) is 10.1 Å². The zero-order valence-corrected chi connectivity index (χ0v) is 12.5. The third kappa shape index (κ3) is 3.56. The Morgan fingerprint density at radius 3 is 2.52 bits per heavy atom. The average molecular weight is 316 g/mol. The Bertz CT molecular complexity index is 654. The maximum Gasteiger partial charge on any atom is 0.304 e. The topological polar surface area (TPSA) is 89.3 Å². The molecular formula is C13H17FN2O4S. The molecule has 1 aliphatic rings. The Balaban J connectivity index is 2.16. The Hall–Kier alpha value is -1.54. The Morgan fingerprint density at radius 1 is 1.38 bits per heavy atom. The molecule has 0 atom stereocenters. The lowest BCUT2D eigenvalue weighted by Crippen LogP contribution is -2.34. The maximum atomic E-state index is 13.5. The van der Waals surface area contributed by atoms with Gasteiger partial charge < -0.3 is 0 Å². The lowest BCUT2D eigenvalue weighted by molar-refractivity contribution is -0.387. The van der Waals surface area contributed by atoms with E-state index < -0.39 is 26.5 Å². The van der Waals surface area contributed by atoms with Crippen molar-refractivity contribution < 1.29 is 17.7 Å². The van der Waals surface area contributed by atoms with Gasteiger partial charge in [-0.05, 0) is 24.3 Å². The van der Waals surface area contributed by atoms with Crippen LogP contribution in [0, 0.1) is 21.3 Å². The average Bonchev–Trinajstić information content (AvgIpc) is 2.84. The standard InChI is InChI=1S/C13H17FN2O4S/c1-13(6-2-3-7-13)9-15-21(19,20)10-4-5-12(16(17)18)11(14)8-10/h4-5,8,15H,2-3,6-7,9H2,1H3. The van der Waals surface area contributed by atoms with Crippen molar-refractivity contribution in [3.63, 3.8) is 0 Å². The number of nitrogens with one attached hydrogen (secondary N) is 1. The van der Waals surface area contributed by atoms with Crippen molar-refractivity contribution in [2.45, 2.75) is 37.5 Å². The Kier molecular flexibility index (Phi) is 4.29. The van der Waals surface area contributed by atoms with Crippen LogP contribution in [0.25, 0.3) is 0 Å². The first kappa shape index (κ1) is 15.8. The minimum absolute atomic E-state index is 0.0770. The number of nitrogens with zero attached hydrogens (tertiary/aromatic N) is 1. The summed E-state index contributed by atoms with van der Waals surface area (Å²) in [6.07, 6.45) is 4.04. The van der Waals surface area contributed by atoms with Gasteiger partial charge in [0.2, 0.25) is 15.8 Å². The highest BCUT2D eigenvalue weighted by Crippen LogP contribution is 2.37. The second kappa shape index (κ2) is 5.69. The molecule has 1 aromatic carbocycles. The van der Waals surface area contributed by atoms with Gasteiger partial charge in [0.05, 0.1) is 9.82 Å². The molecule has 1 saturated carbocycles. The molecule has 21 heavy (non-hydrogen) atoms. The molecule has 6 nitrogen and oxygen atoms in total. The van der Waals surface area contributed by atoms with Crippen LogP contribution >= 0.6 is 0 Å². The third-order valence-electron chi connectivity index (χ3n) is 3.93. The minimum Gasteiger partial charge on any atom is -0.258 e. The lowest BCUT2D eigenvalue weighted by Gasteiger charge is -2.23. The van der Waals surface area contributed by atoms with E-state index in [1.165, 1.54) is 0 Å². The predicted octanol–water partition coefficient (Wildman–Crippen LogP) is 2.59. The van der Waals surface area contributed by atoms with Crippen LogP contribution in [-0.2, 0) is 10.0 Å². The number of benzene rings is 1. The minimum atomic E-state index is -3.86. The molecule has 116 valence electrons. The number of nitro benzene ring substituents is 1. The summed E-state index contributed by atoms with van der Waals surface area (Å²) in [4.78, 5) is 9.34. The van der Waals surface area contributed by atoms with Crippen molar-refractivity contribution >= 4 is 15.7 Å². The molecule has 1 fully saturated rings. The molecule has 2 rings (SSSR count). The van der Waals surface area contributed by atoms with E-state index in [-0.39, 0.29) is 16.9 Å². The maximum absolute atomic E-state index is 13.5. The van der Waals surface area contributed by atoms with E-state index in [2.05, 4.69) is 4.72 Å². The van der Waals surface area contributed by atoms with Crippen LogP contribution in [0.3, 0.4) is 0 Å². The summed E-state index contributed by atoms with van der Waals surface area (Å²) in [5, 5.41) is 10.5. The zero-order valence-electron chi connectivity index (χ0n) is 11.6. The van der Waals surface area contributed by atoms with E-state index in [1.54, 1.807) is 0 Å². The molecular weight excluding hydrogens is 299 g/mol. The second-order valence-corrected chi connectivity index (χ2v) is 7.48. The van der Waals surface area contributed by atoms with E-state index in [4.69, 9.17) is 0 Å². The molecule has 1 aromatic rings. The van der Waals surface area contributed by atoms with E-state index in [9.17, 15) is 22.9 Å². The zero-order chi connectivity index (χ0) is 15.7. The number of hydrogen-bond acceptors (Lipinski definition) is 4. The van der Waals surface area contributed by atoms with Crippen molar-refractivity contribution in [1.82, 2.24) is 4.72 Å². The van der Waals surface area contributed by atoms with Gasteiger partial charge in [-0.1, -0.05) is 19.8 Å². The van der Waals surface area contributed by atoms with Crippen molar-refractivity contribution in [1.29, 1.82) is 0 Å². The van der Waals surface area contributed by atoms with Gasteiger partial charge in [0.25, 0.3) is 0 Å². The first-order valence-electron chi connectivity index (χ1n) is 6.67. The van der Waals surface area contributed by atoms with Crippen LogP contribution in [0.2, 0.25) is 0 Å². The molecule has 1 N–H and O–H groups in total. The van der Waals surface area contributed by atoms with Crippen LogP contribution < -0.4 is 4.72 Å². The summed E-state index contributed by atoms with van der Waals surface area (Å²) in [5.41, 5.74) is -0.816. The highest BCUT2D eigenvalue weighted by molar-refractivity contribution is 7.89. The van der Waals surface area contributed by atoms with E-state index >= 15 is 0 Å². The highest BCUT2D eigenvalue weighted by atomic mass is 32.2. The van der Waals surface area contributed by atoms with Gasteiger partial charge in [-0.2, -0.15) is 4.39 Å². The molecule has 0 heterocycles. The first-order chi connectivity index (χ1) is 9.73. The van der Waals surface area contributed by atoms with Crippen molar-refractivity contribution in [3.8, 4) is 0 Å². The molecule has 0 aliphatic heterocycles. The summed E-state index contributed by atoms with van der Waals surface area (Å²) in [6.45, 7) is 2.30. The van der Waals surface area contributed by atoms with E-state index in [0.717, 1.165) is 37.8 Å². The van der Waals surface area contributed by atoms with Gasteiger partial charge in [-0.15, -0.1) is 0 Å². The number of hydrogen-bond donors (Lipinski definition) is 1. The second-order valence-electron chi connectivity index (χ2n) is 5.71. The summed E-state index contributed by atoms with van der Waals surface area (Å²) >= 11 is 0. The molecule has 8 heteroatoms. The van der Waals surface area contributed by atoms with E-state index in [0.29, 0.717) is 6.07 Å². The number of rotatable bonds is 5. The third-order valence-corrected chi connectivity index (χ3v) is 5.32. The van der Waals surface area contributed by atoms with Crippen molar-refractivity contribution in [2.75, 3.05) is 6.54 Å². The van der Waals surface area contributed by atoms with Crippen molar-refractivity contribution in [3.05, 3.63) is 34.1 Å². The fraction of sp³-hybridized carbons (Fsp3) is 0.538. The molecule has 0 saturated heterocycles. The number of halogens is 1. The monoisotopic (exact) mass is 316 g/mol. The fourth-order valence-corrected chi connectivity index (χ4v) is 3.77. The van der Waals surface area contributed by atoms with Gasteiger partial charge >= 0.3 is 5.69 Å². The molecule has 0 bridgehead atoms. The summed E-state index contributed by atoms with van der Waals surface area (Å²) in [6, 6.07) is 2.58. The quantitative estimate of drug-likeness (QED) is 0.668. The van der Waals surface area contributed by atoms with Gasteiger partial charge in [-0.25, -0.2) is 13.1 Å². The molecule has 0 amide bonds. The van der Waals surface area contributed by atoms with Gasteiger partial charge in [0.15, 0.2) is 0 Å². The highest BCUT2D eigenvalue weighted by Gasteiger charge is 2.30. The lowest BCUT2D eigenvalue weighted by atomic mass is 9.89. The van der Waals surface area contributed by atoms with Crippen LogP contribution in [0.5, 0.6) is 0 Å². The molecule has 0 aromatic heterocycles. The predicted molar refractivity (Wildman–Crippen MR) is 74.8 cm³/mol. The fourth-order valence-electron chi connectivity index (χ4n) is 2.56. The van der Waals surface area contributed by atoms with Gasteiger partial charge in [-0.3, -0.25) is 10.1 Å². The number of nitro groups is 1. The first-order valence-corrected chi connectivity index (χ1v) is 8.15.